The summed E-state index contributed by atoms with van der Waals surface area (Å²) in [6.45, 7) is 4.35. The minimum Gasteiger partial charge on any atom is -0.135 e. The van der Waals surface area contributed by atoms with E-state index in [-0.39, 0.29) is 0 Å². The van der Waals surface area contributed by atoms with Gasteiger partial charge in [-0.05, 0) is 132 Å². The monoisotopic (exact) mass is 766 g/mol. The summed E-state index contributed by atoms with van der Waals surface area (Å²) in [4.78, 5) is 0. The smallest absolute Gasteiger partial charge is 0.0434 e. The maximum atomic E-state index is 2.45. The Morgan fingerprint density at radius 1 is 0.288 bits per heavy atom. The quantitative estimate of drug-likeness (QED) is 0.164. The van der Waals surface area contributed by atoms with Gasteiger partial charge in [0, 0.05) is 25.7 Å². The Kier molecular flexibility index (Phi) is 7.64. The number of rotatable bonds is 5. The Morgan fingerprint density at radius 3 is 1.42 bits per heavy atom. The number of thiophene rings is 1. The highest BCUT2D eigenvalue weighted by atomic mass is 32.1. The molecule has 1 heteroatoms. The summed E-state index contributed by atoms with van der Waals surface area (Å²) in [6.07, 6.45) is 0. The van der Waals surface area contributed by atoms with Crippen LogP contribution in [0.4, 0.5) is 0 Å². The topological polar surface area (TPSA) is 0 Å². The van der Waals surface area contributed by atoms with Gasteiger partial charge in [0.05, 0.1) is 0 Å². The van der Waals surface area contributed by atoms with Crippen LogP contribution in [0.3, 0.4) is 0 Å². The number of hydrogen-bond acceptors (Lipinski definition) is 1. The van der Waals surface area contributed by atoms with Gasteiger partial charge in [0.25, 0.3) is 0 Å². The van der Waals surface area contributed by atoms with Gasteiger partial charge < -0.3 is 0 Å². The molecule has 0 unspecified atom stereocenters. The molecule has 0 spiro atoms. The van der Waals surface area contributed by atoms with Crippen molar-refractivity contribution in [3.05, 3.63) is 205 Å². The van der Waals surface area contributed by atoms with Crippen molar-refractivity contribution in [3.8, 4) is 77.9 Å². The van der Waals surface area contributed by atoms with E-state index >= 15 is 0 Å². The molecule has 0 aliphatic heterocycles. The van der Waals surface area contributed by atoms with Crippen molar-refractivity contribution in [1.29, 1.82) is 0 Å². The van der Waals surface area contributed by atoms with E-state index in [0.29, 0.717) is 0 Å². The lowest BCUT2D eigenvalue weighted by atomic mass is 9.82. The van der Waals surface area contributed by atoms with Crippen LogP contribution in [-0.4, -0.2) is 0 Å². The van der Waals surface area contributed by atoms with Crippen LogP contribution in [0.1, 0.15) is 11.1 Å². The molecule has 0 fully saturated rings. The molecule has 0 saturated heterocycles. The van der Waals surface area contributed by atoms with Crippen molar-refractivity contribution in [2.75, 3.05) is 0 Å². The predicted octanol–water partition coefficient (Wildman–Crippen LogP) is 17.0. The lowest BCUT2D eigenvalue weighted by molar-refractivity contribution is 1.47. The van der Waals surface area contributed by atoms with Gasteiger partial charge in [0.2, 0.25) is 0 Å². The molecule has 1 heterocycles. The molecule has 276 valence electrons. The molecular formula is C58H38S. The van der Waals surface area contributed by atoms with Crippen LogP contribution in [0.5, 0.6) is 0 Å². The largest absolute Gasteiger partial charge is 0.135 e. The zero-order valence-electron chi connectivity index (χ0n) is 32.9. The number of fused-ring (bicyclic) bond motifs is 7. The van der Waals surface area contributed by atoms with Crippen molar-refractivity contribution < 1.29 is 0 Å². The summed E-state index contributed by atoms with van der Waals surface area (Å²) in [7, 11) is 0. The first kappa shape index (κ1) is 34.0. The normalized spacial score (nSPS) is 11.9. The van der Waals surface area contributed by atoms with E-state index < -0.39 is 0 Å². The summed E-state index contributed by atoms with van der Waals surface area (Å²) in [5, 5.41) is 7.81. The molecule has 59 heavy (non-hydrogen) atoms. The summed E-state index contributed by atoms with van der Waals surface area (Å²) in [5.74, 6) is 0. The summed E-state index contributed by atoms with van der Waals surface area (Å²) in [5.41, 5.74) is 20.4. The predicted molar refractivity (Wildman–Crippen MR) is 255 cm³/mol. The number of aryl methyl sites for hydroxylation is 2. The molecule has 0 N–H and O–H groups in total. The molecule has 1 aromatic heterocycles. The molecule has 1 aliphatic rings. The second kappa shape index (κ2) is 13.2. The Bertz CT molecular complexity index is 3360. The van der Waals surface area contributed by atoms with Gasteiger partial charge in [-0.15, -0.1) is 11.3 Å². The third-order valence-electron chi connectivity index (χ3n) is 12.6. The highest BCUT2D eigenvalue weighted by Crippen LogP contribution is 2.59. The van der Waals surface area contributed by atoms with Gasteiger partial charge in [-0.1, -0.05) is 181 Å². The van der Waals surface area contributed by atoms with E-state index in [2.05, 4.69) is 208 Å². The summed E-state index contributed by atoms with van der Waals surface area (Å²) < 4.78 is 2.63. The third kappa shape index (κ3) is 5.28. The van der Waals surface area contributed by atoms with Crippen LogP contribution in [0.25, 0.3) is 120 Å². The second-order valence-electron chi connectivity index (χ2n) is 16.1. The molecule has 1 aliphatic carbocycles. The Labute approximate surface area is 348 Å². The standard InChI is InChI=1S/C58H38S/c1-35-20-24-39(25-21-35)53-45-16-9-10-17-46(45)54(40-26-22-36(2)23-27-40)57-48-30-29-43(44-18-11-19-47(55(44)48)56(53)57)50-33-42(38-14-7-4-8-15-38)34-51-49-32-41(37-12-5-3-6-13-37)28-31-52(49)59-58(50)51/h3-34H,1-2H3. The number of benzene rings is 10. The molecule has 0 amide bonds. The average molecular weight is 767 g/mol. The molecule has 0 nitrogen and oxygen atoms in total. The van der Waals surface area contributed by atoms with Crippen molar-refractivity contribution in [2.24, 2.45) is 0 Å². The highest BCUT2D eigenvalue weighted by Gasteiger charge is 2.31. The first-order valence-electron chi connectivity index (χ1n) is 20.5. The first-order chi connectivity index (χ1) is 29.1. The molecule has 10 aromatic carbocycles. The van der Waals surface area contributed by atoms with Gasteiger partial charge >= 0.3 is 0 Å². The van der Waals surface area contributed by atoms with Gasteiger partial charge in [0.1, 0.15) is 0 Å². The van der Waals surface area contributed by atoms with Gasteiger partial charge in [0.15, 0.2) is 0 Å². The molecule has 0 bridgehead atoms. The summed E-state index contributed by atoms with van der Waals surface area (Å²) in [6, 6.07) is 72.7. The van der Waals surface area contributed by atoms with Crippen molar-refractivity contribution >= 4 is 53.1 Å². The van der Waals surface area contributed by atoms with E-state index in [1.54, 1.807) is 0 Å². The minimum atomic E-state index is 1.23. The van der Waals surface area contributed by atoms with Crippen LogP contribution in [-0.2, 0) is 0 Å². The van der Waals surface area contributed by atoms with Crippen molar-refractivity contribution in [3.63, 3.8) is 0 Å². The molecule has 0 radical (unpaired) electrons. The van der Waals surface area contributed by atoms with Crippen LogP contribution in [0, 0.1) is 13.8 Å². The van der Waals surface area contributed by atoms with E-state index in [1.165, 1.54) is 131 Å². The van der Waals surface area contributed by atoms with Gasteiger partial charge in [-0.2, -0.15) is 0 Å². The SMILES string of the molecule is Cc1ccc(-c2c3c(c(-c4ccc(C)cc4)c4ccccc24)-c2ccc(-c4cc(-c5ccccc5)cc5c4sc4ccc(-c6ccccc6)cc45)c4cccc-3c24)cc1. The van der Waals surface area contributed by atoms with Crippen LogP contribution < -0.4 is 0 Å². The van der Waals surface area contributed by atoms with E-state index in [1.807, 2.05) is 11.3 Å². The average Bonchev–Trinajstić information content (AvgIpc) is 3.83. The third-order valence-corrected chi connectivity index (χ3v) is 13.8. The lowest BCUT2D eigenvalue weighted by Gasteiger charge is -2.20. The van der Waals surface area contributed by atoms with Gasteiger partial charge in [-0.25, -0.2) is 0 Å². The van der Waals surface area contributed by atoms with Crippen LogP contribution >= 0.6 is 11.3 Å². The molecule has 12 rings (SSSR count). The fraction of sp³-hybridized carbons (Fsp3) is 0.0345. The second-order valence-corrected chi connectivity index (χ2v) is 17.2. The Hall–Kier alpha value is -7.06. The fourth-order valence-corrected chi connectivity index (χ4v) is 11.0. The maximum Gasteiger partial charge on any atom is 0.0434 e. The maximum absolute atomic E-state index is 2.45. The van der Waals surface area contributed by atoms with Crippen molar-refractivity contribution in [1.82, 2.24) is 0 Å². The first-order valence-corrected chi connectivity index (χ1v) is 21.3. The summed E-state index contributed by atoms with van der Waals surface area (Å²) >= 11 is 1.91. The zero-order valence-corrected chi connectivity index (χ0v) is 33.7. The number of hydrogen-bond donors (Lipinski definition) is 0. The lowest BCUT2D eigenvalue weighted by Crippen LogP contribution is -1.93. The van der Waals surface area contributed by atoms with Crippen LogP contribution in [0.15, 0.2) is 194 Å². The molecule has 0 saturated carbocycles. The van der Waals surface area contributed by atoms with E-state index in [9.17, 15) is 0 Å². The highest BCUT2D eigenvalue weighted by molar-refractivity contribution is 7.26. The van der Waals surface area contributed by atoms with E-state index in [4.69, 9.17) is 0 Å². The molecular weight excluding hydrogens is 729 g/mol. The molecule has 11 aromatic rings. The minimum absolute atomic E-state index is 1.23. The Balaban J connectivity index is 1.18. The Morgan fingerprint density at radius 2 is 0.797 bits per heavy atom. The zero-order chi connectivity index (χ0) is 39.2. The molecule has 0 atom stereocenters. The van der Waals surface area contributed by atoms with Gasteiger partial charge in [-0.3, -0.25) is 0 Å². The van der Waals surface area contributed by atoms with Crippen molar-refractivity contribution in [2.45, 2.75) is 13.8 Å². The fourth-order valence-electron chi connectivity index (χ4n) is 9.76. The van der Waals surface area contributed by atoms with E-state index in [0.717, 1.165) is 0 Å². The van der Waals surface area contributed by atoms with Crippen LogP contribution in [0.2, 0.25) is 0 Å².